The van der Waals surface area contributed by atoms with Crippen molar-refractivity contribution >= 4 is 33.7 Å². The first kappa shape index (κ1) is 14.2. The molecule has 3 aromatic heterocycles. The van der Waals surface area contributed by atoms with Crippen molar-refractivity contribution in [3.05, 3.63) is 34.0 Å². The van der Waals surface area contributed by atoms with E-state index in [4.69, 9.17) is 0 Å². The van der Waals surface area contributed by atoms with Gasteiger partial charge in [0.25, 0.3) is 0 Å². The summed E-state index contributed by atoms with van der Waals surface area (Å²) in [5.41, 5.74) is 1.74. The van der Waals surface area contributed by atoms with E-state index in [1.165, 1.54) is 11.5 Å². The first-order valence-corrected chi connectivity index (χ1v) is 8.27. The number of carbonyl (C=O) groups excluding carboxylic acids is 1. The van der Waals surface area contributed by atoms with Crippen molar-refractivity contribution in [3.63, 3.8) is 0 Å². The smallest absolute Gasteiger partial charge is 0.226 e. The van der Waals surface area contributed by atoms with E-state index in [0.717, 1.165) is 21.2 Å². The molecule has 1 N–H and O–H groups in total. The standard InChI is InChI=1S/C13H15N5OS2/c1-8(2)12-10(21-17-16-12)6-14-11(19)5-9-7-18-3-4-20-13(18)15-9/h3-4,7-8H,5-6H2,1-2H3,(H,14,19). The maximum Gasteiger partial charge on any atom is 0.226 e. The number of imidazole rings is 1. The summed E-state index contributed by atoms with van der Waals surface area (Å²) in [5, 5.41) is 8.98. The van der Waals surface area contributed by atoms with Crippen LogP contribution in [0.1, 0.15) is 36.0 Å². The summed E-state index contributed by atoms with van der Waals surface area (Å²) in [7, 11) is 0. The fourth-order valence-electron chi connectivity index (χ4n) is 2.04. The van der Waals surface area contributed by atoms with E-state index >= 15 is 0 Å². The number of fused-ring (bicyclic) bond motifs is 1. The van der Waals surface area contributed by atoms with Crippen molar-refractivity contribution in [2.75, 3.05) is 0 Å². The molecule has 0 atom stereocenters. The Bertz CT molecular complexity index is 729. The highest BCUT2D eigenvalue weighted by Gasteiger charge is 2.13. The number of carbonyl (C=O) groups is 1. The molecule has 3 rings (SSSR count). The van der Waals surface area contributed by atoms with Crippen LogP contribution < -0.4 is 5.32 Å². The minimum atomic E-state index is -0.0381. The van der Waals surface area contributed by atoms with Gasteiger partial charge >= 0.3 is 0 Å². The molecule has 0 radical (unpaired) electrons. The van der Waals surface area contributed by atoms with Gasteiger partial charge in [-0.15, -0.1) is 16.4 Å². The summed E-state index contributed by atoms with van der Waals surface area (Å²) in [6, 6.07) is 0. The van der Waals surface area contributed by atoms with Gasteiger partial charge in [0.1, 0.15) is 0 Å². The zero-order chi connectivity index (χ0) is 14.8. The molecule has 1 amide bonds. The largest absolute Gasteiger partial charge is 0.351 e. The van der Waals surface area contributed by atoms with Gasteiger partial charge in [-0.2, -0.15) is 0 Å². The van der Waals surface area contributed by atoms with Gasteiger partial charge in [0, 0.05) is 17.8 Å². The quantitative estimate of drug-likeness (QED) is 0.782. The summed E-state index contributed by atoms with van der Waals surface area (Å²) >= 11 is 2.89. The summed E-state index contributed by atoms with van der Waals surface area (Å²) in [6.07, 6.45) is 4.11. The van der Waals surface area contributed by atoms with E-state index in [-0.39, 0.29) is 12.3 Å². The number of rotatable bonds is 5. The van der Waals surface area contributed by atoms with Crippen LogP contribution in [-0.2, 0) is 17.8 Å². The molecule has 0 aliphatic carbocycles. The van der Waals surface area contributed by atoms with Crippen molar-refractivity contribution < 1.29 is 4.79 Å². The van der Waals surface area contributed by atoms with Crippen molar-refractivity contribution in [2.24, 2.45) is 0 Å². The van der Waals surface area contributed by atoms with Gasteiger partial charge in [-0.1, -0.05) is 18.3 Å². The van der Waals surface area contributed by atoms with Crippen LogP contribution in [0.2, 0.25) is 0 Å². The van der Waals surface area contributed by atoms with Crippen LogP contribution in [0.15, 0.2) is 17.8 Å². The first-order valence-electron chi connectivity index (χ1n) is 6.62. The number of hydrogen-bond acceptors (Lipinski definition) is 6. The summed E-state index contributed by atoms with van der Waals surface area (Å²) in [6.45, 7) is 4.62. The highest BCUT2D eigenvalue weighted by Crippen LogP contribution is 2.19. The zero-order valence-corrected chi connectivity index (χ0v) is 13.4. The molecule has 0 bridgehead atoms. The Morgan fingerprint density at radius 1 is 1.48 bits per heavy atom. The van der Waals surface area contributed by atoms with Crippen LogP contribution in [0.3, 0.4) is 0 Å². The summed E-state index contributed by atoms with van der Waals surface area (Å²) in [4.78, 5) is 18.3. The molecular formula is C13H15N5OS2. The predicted octanol–water partition coefficient (Wildman–Crippen LogP) is 2.23. The number of hydrogen-bond donors (Lipinski definition) is 1. The van der Waals surface area contributed by atoms with Crippen molar-refractivity contribution in [1.82, 2.24) is 24.3 Å². The second-order valence-corrected chi connectivity index (χ2v) is 6.73. The van der Waals surface area contributed by atoms with Crippen LogP contribution in [0.25, 0.3) is 4.96 Å². The number of thiazole rings is 1. The van der Waals surface area contributed by atoms with Crippen LogP contribution in [0.4, 0.5) is 0 Å². The fourth-order valence-corrected chi connectivity index (χ4v) is 3.50. The number of nitrogens with one attached hydrogen (secondary N) is 1. The second-order valence-electron chi connectivity index (χ2n) is 5.01. The Labute approximate surface area is 130 Å². The molecule has 3 heterocycles. The monoisotopic (exact) mass is 321 g/mol. The van der Waals surface area contributed by atoms with Crippen LogP contribution >= 0.6 is 22.9 Å². The van der Waals surface area contributed by atoms with Gasteiger partial charge in [-0.3, -0.25) is 9.20 Å². The van der Waals surface area contributed by atoms with Gasteiger partial charge in [0.05, 0.1) is 29.2 Å². The highest BCUT2D eigenvalue weighted by atomic mass is 32.1. The Morgan fingerprint density at radius 3 is 3.10 bits per heavy atom. The van der Waals surface area contributed by atoms with E-state index in [0.29, 0.717) is 12.5 Å². The minimum Gasteiger partial charge on any atom is -0.351 e. The summed E-state index contributed by atoms with van der Waals surface area (Å²) < 4.78 is 5.88. The molecule has 0 aliphatic heterocycles. The average molecular weight is 321 g/mol. The van der Waals surface area contributed by atoms with Crippen LogP contribution in [0, 0.1) is 0 Å². The topological polar surface area (TPSA) is 72.2 Å². The van der Waals surface area contributed by atoms with Crippen LogP contribution in [0.5, 0.6) is 0 Å². The average Bonchev–Trinajstić information content (AvgIpc) is 3.10. The molecule has 0 aromatic carbocycles. The van der Waals surface area contributed by atoms with E-state index < -0.39 is 0 Å². The maximum atomic E-state index is 12.0. The molecule has 0 aliphatic rings. The predicted molar refractivity (Wildman–Crippen MR) is 82.6 cm³/mol. The normalized spacial score (nSPS) is 11.4. The SMILES string of the molecule is CC(C)c1nnsc1CNC(=O)Cc1cn2ccsc2n1. The lowest BCUT2D eigenvalue weighted by molar-refractivity contribution is -0.120. The number of aromatic nitrogens is 4. The molecule has 8 heteroatoms. The molecule has 6 nitrogen and oxygen atoms in total. The lowest BCUT2D eigenvalue weighted by Crippen LogP contribution is -2.24. The molecule has 0 saturated carbocycles. The molecule has 0 fully saturated rings. The number of nitrogens with zero attached hydrogens (tertiary/aromatic N) is 4. The second kappa shape index (κ2) is 5.90. The molecule has 0 saturated heterocycles. The van der Waals surface area contributed by atoms with Crippen LogP contribution in [-0.4, -0.2) is 24.9 Å². The Morgan fingerprint density at radius 2 is 2.33 bits per heavy atom. The van der Waals surface area contributed by atoms with E-state index in [2.05, 4.69) is 33.7 Å². The lowest BCUT2D eigenvalue weighted by atomic mass is 10.1. The van der Waals surface area contributed by atoms with Crippen molar-refractivity contribution in [1.29, 1.82) is 0 Å². The lowest BCUT2D eigenvalue weighted by Gasteiger charge is -2.05. The highest BCUT2D eigenvalue weighted by molar-refractivity contribution is 7.15. The Kier molecular flexibility index (Phi) is 3.98. The molecule has 3 aromatic rings. The third kappa shape index (κ3) is 3.11. The van der Waals surface area contributed by atoms with Gasteiger partial charge in [-0.25, -0.2) is 4.98 Å². The maximum absolute atomic E-state index is 12.0. The van der Waals surface area contributed by atoms with Crippen molar-refractivity contribution in [3.8, 4) is 0 Å². The molecule has 110 valence electrons. The molecule has 0 spiro atoms. The van der Waals surface area contributed by atoms with Crippen molar-refractivity contribution in [2.45, 2.75) is 32.7 Å². The van der Waals surface area contributed by atoms with Gasteiger partial charge in [-0.05, 0) is 17.5 Å². The molecule has 21 heavy (non-hydrogen) atoms. The third-order valence-electron chi connectivity index (χ3n) is 3.06. The minimum absolute atomic E-state index is 0.0381. The van der Waals surface area contributed by atoms with Gasteiger partial charge < -0.3 is 5.32 Å². The van der Waals surface area contributed by atoms with E-state index in [9.17, 15) is 4.79 Å². The van der Waals surface area contributed by atoms with Gasteiger partial charge in [0.2, 0.25) is 5.91 Å². The van der Waals surface area contributed by atoms with Gasteiger partial charge in [0.15, 0.2) is 4.96 Å². The Hall–Kier alpha value is -1.80. The number of amides is 1. The van der Waals surface area contributed by atoms with E-state index in [1.807, 2.05) is 22.2 Å². The third-order valence-corrected chi connectivity index (χ3v) is 4.57. The first-order chi connectivity index (χ1) is 10.1. The molecular weight excluding hydrogens is 306 g/mol. The summed E-state index contributed by atoms with van der Waals surface area (Å²) in [5.74, 6) is 0.277. The zero-order valence-electron chi connectivity index (χ0n) is 11.7. The molecule has 0 unspecified atom stereocenters. The van der Waals surface area contributed by atoms with E-state index in [1.54, 1.807) is 11.3 Å². The fraction of sp³-hybridized carbons (Fsp3) is 0.385. The Balaban J connectivity index is 1.59.